The molecule has 0 aliphatic rings. The predicted octanol–water partition coefficient (Wildman–Crippen LogP) is 2.67. The first-order valence-corrected chi connectivity index (χ1v) is 8.69. The van der Waals surface area contributed by atoms with E-state index < -0.39 is 0 Å². The third-order valence-electron chi connectivity index (χ3n) is 4.23. The van der Waals surface area contributed by atoms with Gasteiger partial charge in [-0.3, -0.25) is 13.8 Å². The van der Waals surface area contributed by atoms with Crippen molar-refractivity contribution in [2.24, 2.45) is 7.05 Å². The Morgan fingerprint density at radius 2 is 1.96 bits per heavy atom. The highest BCUT2D eigenvalue weighted by molar-refractivity contribution is 7.17. The number of fused-ring (bicyclic) bond motifs is 3. The molecule has 0 atom stereocenters. The van der Waals surface area contributed by atoms with Gasteiger partial charge in [0, 0.05) is 19.3 Å². The monoisotopic (exact) mass is 339 g/mol. The summed E-state index contributed by atoms with van der Waals surface area (Å²) in [6, 6.07) is 12.2. The second kappa shape index (κ2) is 5.76. The fourth-order valence-corrected chi connectivity index (χ4v) is 3.80. The first-order chi connectivity index (χ1) is 11.7. The molecule has 122 valence electrons. The maximum Gasteiger partial charge on any atom is 0.272 e. The third kappa shape index (κ3) is 2.20. The first-order valence-electron chi connectivity index (χ1n) is 7.81. The van der Waals surface area contributed by atoms with E-state index in [2.05, 4.69) is 34.2 Å². The number of hydrogen-bond donors (Lipinski definition) is 0. The number of anilines is 1. The van der Waals surface area contributed by atoms with Crippen molar-refractivity contribution in [2.45, 2.75) is 13.5 Å². The average molecular weight is 339 g/mol. The summed E-state index contributed by atoms with van der Waals surface area (Å²) < 4.78 is 4.28. The molecule has 0 unspecified atom stereocenters. The third-order valence-corrected chi connectivity index (χ3v) is 5.12. The number of nitrogens with zero attached hydrogens (tertiary/aromatic N) is 5. The molecule has 0 fully saturated rings. The standard InChI is InChI=1S/C17H17N5OS/c1-3-21(12-7-5-4-6-8-12)11-14-18-19-17-20(2)16(23)15-13(22(14)17)9-10-24-15/h4-10H,3,11H2,1-2H3. The Labute approximate surface area is 142 Å². The second-order valence-electron chi connectivity index (χ2n) is 5.60. The van der Waals surface area contributed by atoms with Crippen LogP contribution in [0.25, 0.3) is 16.0 Å². The Kier molecular flexibility index (Phi) is 3.57. The molecular weight excluding hydrogens is 322 g/mol. The lowest BCUT2D eigenvalue weighted by Gasteiger charge is -2.22. The molecule has 0 saturated heterocycles. The highest BCUT2D eigenvalue weighted by Gasteiger charge is 2.17. The van der Waals surface area contributed by atoms with Gasteiger partial charge in [0.25, 0.3) is 5.56 Å². The first kappa shape index (κ1) is 14.9. The van der Waals surface area contributed by atoms with Crippen LogP contribution in [0, 0.1) is 0 Å². The lowest BCUT2D eigenvalue weighted by molar-refractivity contribution is 0.772. The van der Waals surface area contributed by atoms with E-state index >= 15 is 0 Å². The average Bonchev–Trinajstić information content (AvgIpc) is 3.25. The maximum absolute atomic E-state index is 12.4. The van der Waals surface area contributed by atoms with E-state index in [1.807, 2.05) is 34.0 Å². The van der Waals surface area contributed by atoms with Crippen LogP contribution < -0.4 is 10.5 Å². The zero-order valence-corrected chi connectivity index (χ0v) is 14.3. The highest BCUT2D eigenvalue weighted by atomic mass is 32.1. The molecule has 3 heterocycles. The molecule has 24 heavy (non-hydrogen) atoms. The van der Waals surface area contributed by atoms with Crippen molar-refractivity contribution < 1.29 is 0 Å². The van der Waals surface area contributed by atoms with Crippen molar-refractivity contribution in [3.63, 3.8) is 0 Å². The van der Waals surface area contributed by atoms with Gasteiger partial charge in [0.1, 0.15) is 4.70 Å². The summed E-state index contributed by atoms with van der Waals surface area (Å²) in [5, 5.41) is 10.5. The molecule has 4 rings (SSSR count). The molecule has 3 aromatic heterocycles. The summed E-state index contributed by atoms with van der Waals surface area (Å²) in [4.78, 5) is 14.6. The largest absolute Gasteiger partial charge is 0.364 e. The van der Waals surface area contributed by atoms with Crippen LogP contribution in [0.1, 0.15) is 12.7 Å². The zero-order chi connectivity index (χ0) is 16.7. The van der Waals surface area contributed by atoms with Crippen LogP contribution in [0.2, 0.25) is 0 Å². The van der Waals surface area contributed by atoms with E-state index in [0.717, 1.165) is 28.3 Å². The van der Waals surface area contributed by atoms with Gasteiger partial charge in [-0.1, -0.05) is 18.2 Å². The van der Waals surface area contributed by atoms with Crippen LogP contribution >= 0.6 is 11.3 Å². The van der Waals surface area contributed by atoms with Crippen molar-refractivity contribution in [2.75, 3.05) is 11.4 Å². The summed E-state index contributed by atoms with van der Waals surface area (Å²) >= 11 is 1.45. The van der Waals surface area contributed by atoms with E-state index in [-0.39, 0.29) is 5.56 Å². The van der Waals surface area contributed by atoms with Gasteiger partial charge >= 0.3 is 0 Å². The molecule has 0 aliphatic heterocycles. The smallest absolute Gasteiger partial charge is 0.272 e. The number of hydrogen-bond acceptors (Lipinski definition) is 5. The Morgan fingerprint density at radius 3 is 2.71 bits per heavy atom. The minimum Gasteiger partial charge on any atom is -0.364 e. The van der Waals surface area contributed by atoms with Crippen molar-refractivity contribution in [1.82, 2.24) is 19.2 Å². The van der Waals surface area contributed by atoms with Gasteiger partial charge in [0.15, 0.2) is 5.82 Å². The molecule has 0 spiro atoms. The Bertz CT molecular complexity index is 1060. The number of para-hydroxylation sites is 1. The van der Waals surface area contributed by atoms with Gasteiger partial charge < -0.3 is 4.90 Å². The van der Waals surface area contributed by atoms with E-state index in [9.17, 15) is 4.79 Å². The van der Waals surface area contributed by atoms with Crippen LogP contribution in [0.3, 0.4) is 0 Å². The number of aryl methyl sites for hydroxylation is 1. The van der Waals surface area contributed by atoms with Gasteiger partial charge in [-0.15, -0.1) is 21.5 Å². The van der Waals surface area contributed by atoms with Crippen molar-refractivity contribution >= 4 is 33.0 Å². The Balaban J connectivity index is 1.87. The lowest BCUT2D eigenvalue weighted by Crippen LogP contribution is -2.24. The van der Waals surface area contributed by atoms with Crippen molar-refractivity contribution in [3.8, 4) is 0 Å². The minimum atomic E-state index is -0.0261. The van der Waals surface area contributed by atoms with E-state index in [1.54, 1.807) is 11.6 Å². The quantitative estimate of drug-likeness (QED) is 0.574. The molecule has 0 N–H and O–H groups in total. The highest BCUT2D eigenvalue weighted by Crippen LogP contribution is 2.21. The second-order valence-corrected chi connectivity index (χ2v) is 6.52. The Hall–Kier alpha value is -2.67. The SMILES string of the molecule is CCN(Cc1nnc2n(C)c(=O)c3sccc3n12)c1ccccc1. The van der Waals surface area contributed by atoms with Crippen LogP contribution in [0.15, 0.2) is 46.6 Å². The van der Waals surface area contributed by atoms with Crippen molar-refractivity contribution in [1.29, 1.82) is 0 Å². The predicted molar refractivity (Wildman–Crippen MR) is 96.8 cm³/mol. The molecular formula is C17H17N5OS. The molecule has 0 bridgehead atoms. The summed E-state index contributed by atoms with van der Waals surface area (Å²) in [5.41, 5.74) is 1.99. The molecule has 4 aromatic rings. The lowest BCUT2D eigenvalue weighted by atomic mass is 10.3. The van der Waals surface area contributed by atoms with E-state index in [0.29, 0.717) is 12.3 Å². The van der Waals surface area contributed by atoms with Crippen LogP contribution in [0.4, 0.5) is 5.69 Å². The van der Waals surface area contributed by atoms with Gasteiger partial charge in [-0.25, -0.2) is 0 Å². The fourth-order valence-electron chi connectivity index (χ4n) is 2.95. The summed E-state index contributed by atoms with van der Waals surface area (Å²) in [6.45, 7) is 3.61. The summed E-state index contributed by atoms with van der Waals surface area (Å²) in [5.74, 6) is 1.40. The molecule has 1 aromatic carbocycles. The van der Waals surface area contributed by atoms with Crippen LogP contribution in [0.5, 0.6) is 0 Å². The fraction of sp³-hybridized carbons (Fsp3) is 0.235. The molecule has 0 saturated carbocycles. The molecule has 0 radical (unpaired) electrons. The summed E-state index contributed by atoms with van der Waals surface area (Å²) in [7, 11) is 1.74. The number of aromatic nitrogens is 4. The molecule has 0 aliphatic carbocycles. The van der Waals surface area contributed by atoms with Crippen LogP contribution in [-0.4, -0.2) is 25.7 Å². The normalized spacial score (nSPS) is 11.4. The number of rotatable bonds is 4. The van der Waals surface area contributed by atoms with Gasteiger partial charge in [-0.05, 0) is 30.5 Å². The zero-order valence-electron chi connectivity index (χ0n) is 13.5. The topological polar surface area (TPSA) is 55.4 Å². The molecule has 6 nitrogen and oxygen atoms in total. The van der Waals surface area contributed by atoms with E-state index in [1.165, 1.54) is 11.3 Å². The molecule has 7 heteroatoms. The Morgan fingerprint density at radius 1 is 1.17 bits per heavy atom. The summed E-state index contributed by atoms with van der Waals surface area (Å²) in [6.07, 6.45) is 0. The number of thiophene rings is 1. The molecule has 0 amide bonds. The van der Waals surface area contributed by atoms with Gasteiger partial charge in [0.2, 0.25) is 5.78 Å². The van der Waals surface area contributed by atoms with Gasteiger partial charge in [0.05, 0.1) is 12.1 Å². The maximum atomic E-state index is 12.4. The van der Waals surface area contributed by atoms with Gasteiger partial charge in [-0.2, -0.15) is 0 Å². The van der Waals surface area contributed by atoms with E-state index in [4.69, 9.17) is 0 Å². The number of benzene rings is 1. The van der Waals surface area contributed by atoms with Crippen molar-refractivity contribution in [3.05, 3.63) is 58.0 Å². The minimum absolute atomic E-state index is 0.0261. The van der Waals surface area contributed by atoms with Crippen LogP contribution in [-0.2, 0) is 13.6 Å².